The molecule has 3 aromatic rings. The smallest absolute Gasteiger partial charge is 0.191 e. The molecule has 2 aromatic heterocycles. The minimum atomic E-state index is 0. The van der Waals surface area contributed by atoms with Crippen molar-refractivity contribution in [2.24, 2.45) is 10.9 Å². The second-order valence-corrected chi connectivity index (χ2v) is 7.38. The summed E-state index contributed by atoms with van der Waals surface area (Å²) in [5.74, 6) is 1.25. The van der Waals surface area contributed by atoms with Crippen LogP contribution in [0.4, 0.5) is 0 Å². The maximum Gasteiger partial charge on any atom is 0.191 e. The average molecular weight is 521 g/mol. The Hall–Kier alpha value is -2.36. The number of nitrogens with zero attached hydrogens (tertiary/aromatic N) is 5. The Labute approximate surface area is 196 Å². The third kappa shape index (κ3) is 6.58. The first kappa shape index (κ1) is 23.9. The van der Waals surface area contributed by atoms with Gasteiger partial charge >= 0.3 is 0 Å². The number of aliphatic imine (C=N–C) groups is 1. The lowest BCUT2D eigenvalue weighted by Gasteiger charge is -2.16. The molecule has 0 fully saturated rings. The highest BCUT2D eigenvalue weighted by molar-refractivity contribution is 14.0. The lowest BCUT2D eigenvalue weighted by Crippen LogP contribution is -2.40. The van der Waals surface area contributed by atoms with Crippen molar-refractivity contribution in [3.8, 4) is 5.69 Å². The van der Waals surface area contributed by atoms with Crippen LogP contribution in [0, 0.1) is 19.8 Å². The van der Waals surface area contributed by atoms with Gasteiger partial charge in [-0.2, -0.15) is 10.2 Å². The van der Waals surface area contributed by atoms with Gasteiger partial charge in [0.15, 0.2) is 5.96 Å². The van der Waals surface area contributed by atoms with Crippen LogP contribution in [-0.2, 0) is 13.1 Å². The fraction of sp³-hybridized carbons (Fsp3) is 0.409. The van der Waals surface area contributed by atoms with Crippen LogP contribution in [0.15, 0.2) is 53.8 Å². The number of halogens is 1. The van der Waals surface area contributed by atoms with E-state index in [4.69, 9.17) is 4.99 Å². The summed E-state index contributed by atoms with van der Waals surface area (Å²) in [6.45, 7) is 11.5. The highest BCUT2D eigenvalue weighted by atomic mass is 127. The van der Waals surface area contributed by atoms with Crippen LogP contribution in [0.2, 0.25) is 0 Å². The summed E-state index contributed by atoms with van der Waals surface area (Å²) in [6, 6.07) is 12.3. The van der Waals surface area contributed by atoms with Gasteiger partial charge in [0.2, 0.25) is 0 Å². The molecule has 7 nitrogen and oxygen atoms in total. The van der Waals surface area contributed by atoms with Crippen molar-refractivity contribution in [3.05, 3.63) is 65.7 Å². The zero-order valence-corrected chi connectivity index (χ0v) is 20.5. The molecule has 0 saturated carbocycles. The topological polar surface area (TPSA) is 72.1 Å². The summed E-state index contributed by atoms with van der Waals surface area (Å²) >= 11 is 0. The van der Waals surface area contributed by atoms with E-state index in [2.05, 4.69) is 59.8 Å². The fourth-order valence-corrected chi connectivity index (χ4v) is 3.29. The molecule has 0 bridgehead atoms. The molecule has 1 atom stereocenters. The second-order valence-electron chi connectivity index (χ2n) is 7.38. The molecule has 0 aliphatic rings. The quantitative estimate of drug-likeness (QED) is 0.270. The molecule has 1 unspecified atom stereocenters. The number of aromatic nitrogens is 4. The minimum absolute atomic E-state index is 0. The van der Waals surface area contributed by atoms with Gasteiger partial charge in [0.05, 0.1) is 17.9 Å². The van der Waals surface area contributed by atoms with Crippen LogP contribution >= 0.6 is 24.0 Å². The molecular weight excluding hydrogens is 489 g/mol. The molecular formula is C22H32IN7. The van der Waals surface area contributed by atoms with Gasteiger partial charge in [-0.1, -0.05) is 25.1 Å². The Morgan fingerprint density at radius 2 is 1.97 bits per heavy atom. The predicted octanol–water partition coefficient (Wildman–Crippen LogP) is 3.70. The summed E-state index contributed by atoms with van der Waals surface area (Å²) < 4.78 is 3.95. The lowest BCUT2D eigenvalue weighted by molar-refractivity contribution is 0.443. The second kappa shape index (κ2) is 11.7. The van der Waals surface area contributed by atoms with E-state index in [0.29, 0.717) is 12.5 Å². The minimum Gasteiger partial charge on any atom is -0.357 e. The predicted molar refractivity (Wildman–Crippen MR) is 133 cm³/mol. The summed E-state index contributed by atoms with van der Waals surface area (Å²) in [6.07, 6.45) is 3.80. The fourth-order valence-electron chi connectivity index (χ4n) is 3.29. The number of nitrogens with one attached hydrogen (secondary N) is 2. The Morgan fingerprint density at radius 1 is 1.17 bits per heavy atom. The van der Waals surface area contributed by atoms with E-state index in [1.807, 2.05) is 46.9 Å². The standard InChI is InChI=1S/C22H31N7.HI/c1-5-23-22(24-14-17(2)16-28-12-8-11-26-28)25-15-20-9-6-7-10-21(20)29-19(4)13-18(3)27-29;/h6-13,17H,5,14-16H2,1-4H3,(H2,23,24,25);1H. The number of benzene rings is 1. The number of para-hydroxylation sites is 1. The van der Waals surface area contributed by atoms with E-state index >= 15 is 0 Å². The van der Waals surface area contributed by atoms with Crippen molar-refractivity contribution in [2.75, 3.05) is 13.1 Å². The zero-order chi connectivity index (χ0) is 20.6. The number of hydrogen-bond donors (Lipinski definition) is 2. The average Bonchev–Trinajstić information content (AvgIpc) is 3.33. The molecule has 0 aliphatic carbocycles. The molecule has 2 N–H and O–H groups in total. The van der Waals surface area contributed by atoms with Gasteiger partial charge < -0.3 is 10.6 Å². The third-order valence-electron chi connectivity index (χ3n) is 4.66. The van der Waals surface area contributed by atoms with E-state index in [0.717, 1.165) is 48.2 Å². The van der Waals surface area contributed by atoms with E-state index < -0.39 is 0 Å². The van der Waals surface area contributed by atoms with Gasteiger partial charge in [-0.25, -0.2) is 9.67 Å². The largest absolute Gasteiger partial charge is 0.357 e. The Balaban J connectivity index is 0.00000320. The molecule has 2 heterocycles. The normalized spacial score (nSPS) is 12.3. The molecule has 162 valence electrons. The molecule has 0 amide bonds. The van der Waals surface area contributed by atoms with Crippen molar-refractivity contribution in [2.45, 2.75) is 40.8 Å². The van der Waals surface area contributed by atoms with E-state index in [1.54, 1.807) is 0 Å². The number of hydrogen-bond acceptors (Lipinski definition) is 3. The van der Waals surface area contributed by atoms with Gasteiger partial charge in [-0.05, 0) is 50.5 Å². The molecule has 0 saturated heterocycles. The lowest BCUT2D eigenvalue weighted by atomic mass is 10.1. The molecule has 1 aromatic carbocycles. The highest BCUT2D eigenvalue weighted by Gasteiger charge is 2.09. The van der Waals surface area contributed by atoms with Crippen molar-refractivity contribution in [1.29, 1.82) is 0 Å². The van der Waals surface area contributed by atoms with Crippen molar-refractivity contribution in [3.63, 3.8) is 0 Å². The van der Waals surface area contributed by atoms with Crippen LogP contribution in [0.1, 0.15) is 30.8 Å². The number of guanidine groups is 1. The monoisotopic (exact) mass is 521 g/mol. The van der Waals surface area contributed by atoms with Crippen LogP contribution in [0.25, 0.3) is 5.69 Å². The summed E-state index contributed by atoms with van der Waals surface area (Å²) in [5, 5.41) is 15.7. The summed E-state index contributed by atoms with van der Waals surface area (Å²) in [7, 11) is 0. The Morgan fingerprint density at radius 3 is 2.63 bits per heavy atom. The van der Waals surface area contributed by atoms with E-state index in [-0.39, 0.29) is 24.0 Å². The molecule has 0 spiro atoms. The molecule has 0 aliphatic heterocycles. The summed E-state index contributed by atoms with van der Waals surface area (Å²) in [4.78, 5) is 4.81. The molecule has 0 radical (unpaired) electrons. The zero-order valence-electron chi connectivity index (χ0n) is 18.2. The van der Waals surface area contributed by atoms with Crippen molar-refractivity contribution >= 4 is 29.9 Å². The van der Waals surface area contributed by atoms with Crippen molar-refractivity contribution in [1.82, 2.24) is 30.2 Å². The maximum absolute atomic E-state index is 4.81. The maximum atomic E-state index is 4.81. The van der Waals surface area contributed by atoms with Crippen LogP contribution in [-0.4, -0.2) is 38.6 Å². The van der Waals surface area contributed by atoms with Crippen LogP contribution < -0.4 is 10.6 Å². The third-order valence-corrected chi connectivity index (χ3v) is 4.66. The first-order valence-corrected chi connectivity index (χ1v) is 10.2. The van der Waals surface area contributed by atoms with Gasteiger partial charge in [-0.15, -0.1) is 24.0 Å². The first-order valence-electron chi connectivity index (χ1n) is 10.2. The molecule has 30 heavy (non-hydrogen) atoms. The van der Waals surface area contributed by atoms with Crippen LogP contribution in [0.5, 0.6) is 0 Å². The van der Waals surface area contributed by atoms with Gasteiger partial charge in [0, 0.05) is 37.7 Å². The van der Waals surface area contributed by atoms with Crippen LogP contribution in [0.3, 0.4) is 0 Å². The SMILES string of the molecule is CCNC(=NCc1ccccc1-n1nc(C)cc1C)NCC(C)Cn1cccn1.I. The van der Waals surface area contributed by atoms with Gasteiger partial charge in [0.25, 0.3) is 0 Å². The Kier molecular flexibility index (Phi) is 9.35. The van der Waals surface area contributed by atoms with Gasteiger partial charge in [0.1, 0.15) is 0 Å². The molecule has 8 heteroatoms. The number of rotatable bonds is 8. The van der Waals surface area contributed by atoms with Crippen molar-refractivity contribution < 1.29 is 0 Å². The van der Waals surface area contributed by atoms with Gasteiger partial charge in [-0.3, -0.25) is 4.68 Å². The molecule has 3 rings (SSSR count). The Bertz CT molecular complexity index is 931. The first-order chi connectivity index (χ1) is 14.1. The number of aryl methyl sites for hydroxylation is 2. The summed E-state index contributed by atoms with van der Waals surface area (Å²) in [5.41, 5.74) is 4.35. The van der Waals surface area contributed by atoms with E-state index in [1.165, 1.54) is 0 Å². The van der Waals surface area contributed by atoms with E-state index in [9.17, 15) is 0 Å². The highest BCUT2D eigenvalue weighted by Crippen LogP contribution is 2.17.